The van der Waals surface area contributed by atoms with Crippen LogP contribution in [0, 0.1) is 0 Å². The average molecular weight is 465 g/mol. The largest absolute Gasteiger partial charge is 0.507 e. The first-order chi connectivity index (χ1) is 16.2. The van der Waals surface area contributed by atoms with E-state index >= 15 is 4.39 Å². The first-order valence-corrected chi connectivity index (χ1v) is 11.6. The first-order valence-electron chi connectivity index (χ1n) is 11.6. The molecule has 0 unspecified atom stereocenters. The van der Waals surface area contributed by atoms with Crippen molar-refractivity contribution >= 4 is 0 Å². The normalized spacial score (nSPS) is 28.5. The number of fused-ring (bicyclic) bond motifs is 2. The molecule has 0 saturated carbocycles. The lowest BCUT2D eigenvalue weighted by Crippen LogP contribution is -2.71. The quantitative estimate of drug-likeness (QED) is 0.607. The third kappa shape index (κ3) is 4.07. The number of nitrogens with one attached hydrogen (secondary N) is 1. The van der Waals surface area contributed by atoms with E-state index in [-0.39, 0.29) is 22.7 Å². The second-order valence-corrected chi connectivity index (χ2v) is 10.1. The number of benzene rings is 1. The molecule has 2 aliphatic rings. The SMILES string of the molecule is Cn1ccc(-c2ccc(-c3ccc(O[C@H]4C[C@]5(C)CCC[C@@](C)(N5)[C@H]4F)nn3)c(O)c2)cc1=O. The van der Waals surface area contributed by atoms with Crippen LogP contribution in [-0.2, 0) is 7.05 Å². The number of halogens is 1. The Morgan fingerprint density at radius 1 is 1.12 bits per heavy atom. The van der Waals surface area contributed by atoms with Crippen molar-refractivity contribution in [3.05, 3.63) is 59.0 Å². The zero-order valence-electron chi connectivity index (χ0n) is 19.6. The van der Waals surface area contributed by atoms with Gasteiger partial charge in [-0.15, -0.1) is 10.2 Å². The number of hydrogen-bond acceptors (Lipinski definition) is 6. The number of alkyl halides is 1. The lowest BCUT2D eigenvalue weighted by molar-refractivity contribution is -0.0626. The minimum Gasteiger partial charge on any atom is -0.507 e. The summed E-state index contributed by atoms with van der Waals surface area (Å²) in [5, 5.41) is 22.5. The van der Waals surface area contributed by atoms with Crippen molar-refractivity contribution in [2.75, 3.05) is 0 Å². The number of aryl methyl sites for hydroxylation is 1. The van der Waals surface area contributed by atoms with Gasteiger partial charge in [-0.25, -0.2) is 4.39 Å². The highest BCUT2D eigenvalue weighted by Gasteiger charge is 2.53. The first kappa shape index (κ1) is 22.5. The van der Waals surface area contributed by atoms with Crippen molar-refractivity contribution in [2.24, 2.45) is 7.05 Å². The lowest BCUT2D eigenvalue weighted by atomic mass is 9.69. The van der Waals surface area contributed by atoms with Crippen LogP contribution in [0.25, 0.3) is 22.4 Å². The molecule has 0 aliphatic carbocycles. The number of piperidine rings is 2. The Balaban J connectivity index is 1.34. The van der Waals surface area contributed by atoms with Crippen LogP contribution in [0.4, 0.5) is 4.39 Å². The zero-order valence-corrected chi connectivity index (χ0v) is 19.6. The maximum absolute atomic E-state index is 15.3. The number of ether oxygens (including phenoxy) is 1. The third-order valence-corrected chi connectivity index (χ3v) is 7.22. The number of aromatic hydroxyl groups is 1. The van der Waals surface area contributed by atoms with E-state index in [0.29, 0.717) is 17.7 Å². The van der Waals surface area contributed by atoms with E-state index in [1.165, 1.54) is 10.6 Å². The van der Waals surface area contributed by atoms with Gasteiger partial charge in [0.2, 0.25) is 5.88 Å². The Morgan fingerprint density at radius 2 is 1.91 bits per heavy atom. The fourth-order valence-corrected chi connectivity index (χ4v) is 5.42. The molecular weight excluding hydrogens is 435 g/mol. The summed E-state index contributed by atoms with van der Waals surface area (Å²) in [5.74, 6) is 0.289. The molecule has 0 amide bonds. The van der Waals surface area contributed by atoms with Gasteiger partial charge in [0.15, 0.2) is 6.17 Å². The molecule has 8 heteroatoms. The van der Waals surface area contributed by atoms with Gasteiger partial charge in [-0.05, 0) is 68.5 Å². The van der Waals surface area contributed by atoms with Crippen LogP contribution < -0.4 is 15.6 Å². The summed E-state index contributed by atoms with van der Waals surface area (Å²) in [7, 11) is 1.68. The van der Waals surface area contributed by atoms with E-state index in [4.69, 9.17) is 4.74 Å². The molecule has 2 saturated heterocycles. The highest BCUT2D eigenvalue weighted by molar-refractivity contribution is 5.74. The number of rotatable bonds is 4. The average Bonchev–Trinajstić information content (AvgIpc) is 2.79. The van der Waals surface area contributed by atoms with Crippen LogP contribution in [-0.4, -0.2) is 43.2 Å². The van der Waals surface area contributed by atoms with Crippen molar-refractivity contribution in [1.29, 1.82) is 0 Å². The van der Waals surface area contributed by atoms with Gasteiger partial charge >= 0.3 is 0 Å². The molecule has 2 N–H and O–H groups in total. The molecule has 4 heterocycles. The van der Waals surface area contributed by atoms with Crippen LogP contribution in [0.15, 0.2) is 53.5 Å². The fourth-order valence-electron chi connectivity index (χ4n) is 5.42. The second kappa shape index (κ2) is 8.20. The second-order valence-electron chi connectivity index (χ2n) is 10.1. The maximum Gasteiger partial charge on any atom is 0.250 e. The van der Waals surface area contributed by atoms with Gasteiger partial charge in [0, 0.05) is 42.9 Å². The van der Waals surface area contributed by atoms with E-state index in [2.05, 4.69) is 22.4 Å². The molecule has 2 fully saturated rings. The van der Waals surface area contributed by atoms with Crippen LogP contribution in [0.5, 0.6) is 11.6 Å². The third-order valence-electron chi connectivity index (χ3n) is 7.22. The van der Waals surface area contributed by atoms with Crippen molar-refractivity contribution in [1.82, 2.24) is 20.1 Å². The van der Waals surface area contributed by atoms with Gasteiger partial charge in [0.05, 0.1) is 11.2 Å². The van der Waals surface area contributed by atoms with Gasteiger partial charge in [-0.3, -0.25) is 4.79 Å². The molecule has 178 valence electrons. The molecule has 2 aliphatic heterocycles. The lowest BCUT2D eigenvalue weighted by Gasteiger charge is -2.54. The molecule has 0 radical (unpaired) electrons. The molecule has 7 nitrogen and oxygen atoms in total. The molecule has 4 atom stereocenters. The van der Waals surface area contributed by atoms with E-state index < -0.39 is 17.8 Å². The topological polar surface area (TPSA) is 89.3 Å². The maximum atomic E-state index is 15.3. The summed E-state index contributed by atoms with van der Waals surface area (Å²) in [6.07, 6.45) is 3.29. The molecule has 5 rings (SSSR count). The Kier molecular flexibility index (Phi) is 5.43. The standard InChI is InChI=1S/C26H29FN4O3/c1-25-10-4-11-26(2,30-25)24(27)21(15-25)34-22-8-7-19(28-29-22)18-6-5-16(13-20(18)32)17-9-12-31(3)23(33)14-17/h5-9,12-14,21,24,30,32H,4,10-11,15H2,1-3H3/t21-,24-,25-,26+/m0/s1. The molecular formula is C26H29FN4O3. The molecule has 0 spiro atoms. The van der Waals surface area contributed by atoms with Gasteiger partial charge < -0.3 is 19.7 Å². The van der Waals surface area contributed by atoms with Crippen LogP contribution in [0.2, 0.25) is 0 Å². The number of phenols is 1. The van der Waals surface area contributed by atoms with Crippen molar-refractivity contribution in [3.63, 3.8) is 0 Å². The Bertz CT molecular complexity index is 1280. The van der Waals surface area contributed by atoms with Gasteiger partial charge in [0.25, 0.3) is 5.56 Å². The predicted molar refractivity (Wildman–Crippen MR) is 128 cm³/mol. The van der Waals surface area contributed by atoms with Gasteiger partial charge in [-0.2, -0.15) is 0 Å². The van der Waals surface area contributed by atoms with Crippen molar-refractivity contribution < 1.29 is 14.2 Å². The summed E-state index contributed by atoms with van der Waals surface area (Å²) in [6.45, 7) is 4.06. The Morgan fingerprint density at radius 3 is 2.62 bits per heavy atom. The number of phenolic OH excluding ortho intramolecular Hbond substituents is 1. The van der Waals surface area contributed by atoms with Gasteiger partial charge in [0.1, 0.15) is 11.9 Å². The predicted octanol–water partition coefficient (Wildman–Crippen LogP) is 4.00. The zero-order chi connectivity index (χ0) is 24.1. The minimum absolute atomic E-state index is 0.0250. The van der Waals surface area contributed by atoms with Crippen molar-refractivity contribution in [3.8, 4) is 34.0 Å². The summed E-state index contributed by atoms with van der Waals surface area (Å²) < 4.78 is 22.7. The van der Waals surface area contributed by atoms with E-state index in [0.717, 1.165) is 30.4 Å². The van der Waals surface area contributed by atoms with Gasteiger partial charge in [-0.1, -0.05) is 6.07 Å². The summed E-state index contributed by atoms with van der Waals surface area (Å²) >= 11 is 0. The fraction of sp³-hybridized carbons (Fsp3) is 0.423. The highest BCUT2D eigenvalue weighted by atomic mass is 19.1. The Labute approximate surface area is 197 Å². The van der Waals surface area contributed by atoms with Crippen molar-refractivity contribution in [2.45, 2.75) is 62.9 Å². The molecule has 2 bridgehead atoms. The smallest absolute Gasteiger partial charge is 0.250 e. The monoisotopic (exact) mass is 464 g/mol. The number of aromatic nitrogens is 3. The number of nitrogens with zero attached hydrogens (tertiary/aromatic N) is 3. The van der Waals surface area contributed by atoms with E-state index in [1.807, 2.05) is 19.1 Å². The highest BCUT2D eigenvalue weighted by Crippen LogP contribution is 2.42. The number of hydrogen-bond donors (Lipinski definition) is 2. The Hall–Kier alpha value is -3.26. The summed E-state index contributed by atoms with van der Waals surface area (Å²) in [6, 6.07) is 11.8. The molecule has 3 aromatic rings. The van der Waals surface area contributed by atoms with E-state index in [1.54, 1.807) is 37.5 Å². The molecule has 1 aromatic carbocycles. The van der Waals surface area contributed by atoms with E-state index in [9.17, 15) is 9.90 Å². The van der Waals surface area contributed by atoms with Crippen LogP contribution in [0.3, 0.4) is 0 Å². The molecule has 2 aromatic heterocycles. The van der Waals surface area contributed by atoms with Crippen LogP contribution in [0.1, 0.15) is 39.5 Å². The number of pyridine rings is 1. The summed E-state index contributed by atoms with van der Waals surface area (Å²) in [5.41, 5.74) is 1.54. The summed E-state index contributed by atoms with van der Waals surface area (Å²) in [4.78, 5) is 11.9. The molecule has 34 heavy (non-hydrogen) atoms. The minimum atomic E-state index is -1.14. The van der Waals surface area contributed by atoms with Crippen LogP contribution >= 0.6 is 0 Å².